The maximum Gasteiger partial charge on any atom is 0.129 e. The Labute approximate surface area is 78.0 Å². The van der Waals surface area contributed by atoms with Gasteiger partial charge in [-0.25, -0.2) is 4.98 Å². The lowest BCUT2D eigenvalue weighted by Gasteiger charge is -2.11. The lowest BCUT2D eigenvalue weighted by Crippen LogP contribution is -2.11. The molecular weight excluding hydrogens is 172 g/mol. The van der Waals surface area contributed by atoms with Crippen LogP contribution in [-0.4, -0.2) is 11.0 Å². The Bertz CT molecular complexity index is 271. The number of anilines is 1. The van der Waals surface area contributed by atoms with E-state index in [2.05, 4.69) is 24.1 Å². The average molecular weight is 185 g/mol. The van der Waals surface area contributed by atoms with Gasteiger partial charge in [-0.2, -0.15) is 0 Å². The SMILES string of the molecule is Cc1nc(Cl)ccc1NC(C)C. The summed E-state index contributed by atoms with van der Waals surface area (Å²) in [5, 5.41) is 3.82. The minimum atomic E-state index is 0.423. The van der Waals surface area contributed by atoms with Gasteiger partial charge in [-0.1, -0.05) is 11.6 Å². The van der Waals surface area contributed by atoms with Gasteiger partial charge in [-0.3, -0.25) is 0 Å². The highest BCUT2D eigenvalue weighted by Gasteiger charge is 2.00. The van der Waals surface area contributed by atoms with Crippen LogP contribution in [-0.2, 0) is 0 Å². The van der Waals surface area contributed by atoms with Crippen molar-refractivity contribution < 1.29 is 0 Å². The molecular formula is C9H13ClN2. The van der Waals surface area contributed by atoms with Crippen LogP contribution in [0.15, 0.2) is 12.1 Å². The molecule has 0 aromatic carbocycles. The molecule has 0 bridgehead atoms. The number of nitrogens with one attached hydrogen (secondary N) is 1. The molecule has 0 aliphatic rings. The monoisotopic (exact) mass is 184 g/mol. The van der Waals surface area contributed by atoms with E-state index >= 15 is 0 Å². The van der Waals surface area contributed by atoms with Gasteiger partial charge in [0.05, 0.1) is 11.4 Å². The topological polar surface area (TPSA) is 24.9 Å². The molecule has 1 rings (SSSR count). The Morgan fingerprint density at radius 3 is 2.58 bits per heavy atom. The summed E-state index contributed by atoms with van der Waals surface area (Å²) >= 11 is 5.71. The number of rotatable bonds is 2. The summed E-state index contributed by atoms with van der Waals surface area (Å²) < 4.78 is 0. The highest BCUT2D eigenvalue weighted by Crippen LogP contribution is 2.16. The maximum absolute atomic E-state index is 5.71. The van der Waals surface area contributed by atoms with E-state index in [1.54, 1.807) is 6.07 Å². The summed E-state index contributed by atoms with van der Waals surface area (Å²) in [6.07, 6.45) is 0. The zero-order valence-electron chi connectivity index (χ0n) is 7.56. The fraction of sp³-hybridized carbons (Fsp3) is 0.444. The summed E-state index contributed by atoms with van der Waals surface area (Å²) in [5.74, 6) is 0. The Kier molecular flexibility index (Phi) is 2.93. The minimum absolute atomic E-state index is 0.423. The fourth-order valence-corrected chi connectivity index (χ4v) is 1.18. The molecule has 0 aliphatic carbocycles. The number of nitrogens with zero attached hydrogens (tertiary/aromatic N) is 1. The summed E-state index contributed by atoms with van der Waals surface area (Å²) in [6.45, 7) is 6.12. The second-order valence-electron chi connectivity index (χ2n) is 3.07. The molecule has 1 aromatic rings. The molecule has 0 unspecified atom stereocenters. The second-order valence-corrected chi connectivity index (χ2v) is 3.45. The van der Waals surface area contributed by atoms with Gasteiger partial charge in [0, 0.05) is 6.04 Å². The van der Waals surface area contributed by atoms with E-state index in [1.807, 2.05) is 13.0 Å². The predicted molar refractivity (Wildman–Crippen MR) is 52.7 cm³/mol. The van der Waals surface area contributed by atoms with Gasteiger partial charge in [-0.05, 0) is 32.9 Å². The van der Waals surface area contributed by atoms with Crippen molar-refractivity contribution in [1.29, 1.82) is 0 Å². The standard InChI is InChI=1S/C9H13ClN2/c1-6(2)11-8-4-5-9(10)12-7(8)3/h4-6,11H,1-3H3. The molecule has 1 N–H and O–H groups in total. The van der Waals surface area contributed by atoms with E-state index in [-0.39, 0.29) is 0 Å². The zero-order valence-corrected chi connectivity index (χ0v) is 8.31. The van der Waals surface area contributed by atoms with Crippen molar-refractivity contribution in [2.75, 3.05) is 5.32 Å². The van der Waals surface area contributed by atoms with Crippen LogP contribution in [0.4, 0.5) is 5.69 Å². The van der Waals surface area contributed by atoms with Gasteiger partial charge in [0.1, 0.15) is 5.15 Å². The Hall–Kier alpha value is -0.760. The molecule has 1 aromatic heterocycles. The molecule has 0 aliphatic heterocycles. The molecule has 3 heteroatoms. The number of pyridine rings is 1. The first-order valence-electron chi connectivity index (χ1n) is 3.99. The van der Waals surface area contributed by atoms with Gasteiger partial charge in [-0.15, -0.1) is 0 Å². The third-order valence-electron chi connectivity index (χ3n) is 1.50. The Morgan fingerprint density at radius 1 is 1.42 bits per heavy atom. The third kappa shape index (κ3) is 2.38. The van der Waals surface area contributed by atoms with Gasteiger partial charge in [0.25, 0.3) is 0 Å². The molecule has 0 saturated carbocycles. The average Bonchev–Trinajstić information content (AvgIpc) is 1.94. The van der Waals surface area contributed by atoms with Crippen molar-refractivity contribution >= 4 is 17.3 Å². The van der Waals surface area contributed by atoms with E-state index < -0.39 is 0 Å². The Balaban J connectivity index is 2.86. The van der Waals surface area contributed by atoms with E-state index in [0.29, 0.717) is 11.2 Å². The minimum Gasteiger partial charge on any atom is -0.381 e. The van der Waals surface area contributed by atoms with Crippen LogP contribution in [0.5, 0.6) is 0 Å². The first-order chi connectivity index (χ1) is 5.59. The van der Waals surface area contributed by atoms with E-state index in [4.69, 9.17) is 11.6 Å². The first-order valence-corrected chi connectivity index (χ1v) is 4.37. The van der Waals surface area contributed by atoms with Crippen LogP contribution in [0.3, 0.4) is 0 Å². The lowest BCUT2D eigenvalue weighted by molar-refractivity contribution is 0.894. The van der Waals surface area contributed by atoms with Crippen molar-refractivity contribution in [1.82, 2.24) is 4.98 Å². The maximum atomic E-state index is 5.71. The zero-order chi connectivity index (χ0) is 9.14. The number of hydrogen-bond donors (Lipinski definition) is 1. The summed E-state index contributed by atoms with van der Waals surface area (Å²) in [4.78, 5) is 4.13. The van der Waals surface area contributed by atoms with Crippen LogP contribution in [0, 0.1) is 6.92 Å². The molecule has 0 fully saturated rings. The lowest BCUT2D eigenvalue weighted by atomic mass is 10.3. The van der Waals surface area contributed by atoms with Gasteiger partial charge in [0.15, 0.2) is 0 Å². The normalized spacial score (nSPS) is 10.4. The highest BCUT2D eigenvalue weighted by atomic mass is 35.5. The summed E-state index contributed by atoms with van der Waals surface area (Å²) in [7, 11) is 0. The van der Waals surface area contributed by atoms with Crippen LogP contribution in [0.1, 0.15) is 19.5 Å². The molecule has 0 saturated heterocycles. The number of aromatic nitrogens is 1. The van der Waals surface area contributed by atoms with E-state index in [1.165, 1.54) is 0 Å². The number of hydrogen-bond acceptors (Lipinski definition) is 2. The van der Waals surface area contributed by atoms with Crippen LogP contribution in [0.2, 0.25) is 5.15 Å². The van der Waals surface area contributed by atoms with E-state index in [0.717, 1.165) is 11.4 Å². The predicted octanol–water partition coefficient (Wildman–Crippen LogP) is 2.86. The van der Waals surface area contributed by atoms with Crippen molar-refractivity contribution in [3.05, 3.63) is 23.0 Å². The van der Waals surface area contributed by atoms with Crippen LogP contribution in [0.25, 0.3) is 0 Å². The molecule has 12 heavy (non-hydrogen) atoms. The molecule has 66 valence electrons. The molecule has 0 spiro atoms. The van der Waals surface area contributed by atoms with Crippen molar-refractivity contribution in [2.24, 2.45) is 0 Å². The first kappa shape index (κ1) is 9.33. The van der Waals surface area contributed by atoms with Crippen molar-refractivity contribution in [3.8, 4) is 0 Å². The quantitative estimate of drug-likeness (QED) is 0.715. The summed E-state index contributed by atoms with van der Waals surface area (Å²) in [5.41, 5.74) is 1.99. The Morgan fingerprint density at radius 2 is 2.08 bits per heavy atom. The molecule has 1 heterocycles. The molecule has 0 amide bonds. The van der Waals surface area contributed by atoms with E-state index in [9.17, 15) is 0 Å². The largest absolute Gasteiger partial charge is 0.381 e. The molecule has 0 atom stereocenters. The van der Waals surface area contributed by atoms with Gasteiger partial charge >= 0.3 is 0 Å². The smallest absolute Gasteiger partial charge is 0.129 e. The number of aryl methyl sites for hydroxylation is 1. The summed E-state index contributed by atoms with van der Waals surface area (Å²) in [6, 6.07) is 4.16. The van der Waals surface area contributed by atoms with Crippen LogP contribution >= 0.6 is 11.6 Å². The van der Waals surface area contributed by atoms with Gasteiger partial charge in [0.2, 0.25) is 0 Å². The van der Waals surface area contributed by atoms with Crippen molar-refractivity contribution in [2.45, 2.75) is 26.8 Å². The molecule has 0 radical (unpaired) electrons. The second kappa shape index (κ2) is 3.76. The van der Waals surface area contributed by atoms with Crippen molar-refractivity contribution in [3.63, 3.8) is 0 Å². The number of halogens is 1. The van der Waals surface area contributed by atoms with Crippen LogP contribution < -0.4 is 5.32 Å². The molecule has 2 nitrogen and oxygen atoms in total. The fourth-order valence-electron chi connectivity index (χ4n) is 0.994. The third-order valence-corrected chi connectivity index (χ3v) is 1.71. The van der Waals surface area contributed by atoms with Gasteiger partial charge < -0.3 is 5.32 Å². The highest BCUT2D eigenvalue weighted by molar-refractivity contribution is 6.29.